The van der Waals surface area contributed by atoms with Gasteiger partial charge in [0, 0.05) is 10.9 Å². The van der Waals surface area contributed by atoms with Crippen molar-refractivity contribution in [2.24, 2.45) is 0 Å². The molecule has 1 N–H and O–H groups in total. The fourth-order valence-corrected chi connectivity index (χ4v) is 2.57. The number of hydrogen-bond acceptors (Lipinski definition) is 4. The normalized spacial score (nSPS) is 11.5. The van der Waals surface area contributed by atoms with Crippen LogP contribution in [0.1, 0.15) is 16.8 Å². The molecule has 0 aliphatic heterocycles. The zero-order valence-electron chi connectivity index (χ0n) is 13.3. The summed E-state index contributed by atoms with van der Waals surface area (Å²) in [6.45, 7) is -0.504. The number of ether oxygens (including phenoxy) is 1. The highest BCUT2D eigenvalue weighted by atomic mass is 19.4. The molecule has 0 amide bonds. The number of halogens is 3. The highest BCUT2D eigenvalue weighted by Gasteiger charge is 2.33. The highest BCUT2D eigenvalue weighted by molar-refractivity contribution is 5.86. The lowest BCUT2D eigenvalue weighted by atomic mass is 10.1. The van der Waals surface area contributed by atoms with Crippen molar-refractivity contribution in [3.8, 4) is 0 Å². The number of carbonyl (C=O) groups excluding carboxylic acids is 1. The minimum Gasteiger partial charge on any atom is -0.460 e. The molecule has 3 rings (SSSR count). The third kappa shape index (κ3) is 3.74. The van der Waals surface area contributed by atoms with Crippen molar-refractivity contribution in [1.82, 2.24) is 10.2 Å². The van der Waals surface area contributed by atoms with Crippen molar-refractivity contribution in [2.75, 3.05) is 0 Å². The highest BCUT2D eigenvalue weighted by Crippen LogP contribution is 2.32. The van der Waals surface area contributed by atoms with Crippen LogP contribution in [-0.4, -0.2) is 16.2 Å². The lowest BCUT2D eigenvalue weighted by Crippen LogP contribution is -2.16. The molecule has 26 heavy (non-hydrogen) atoms. The molecule has 0 bridgehead atoms. The van der Waals surface area contributed by atoms with Crippen molar-refractivity contribution < 1.29 is 22.7 Å². The summed E-state index contributed by atoms with van der Waals surface area (Å²) in [5.41, 5.74) is -1.08. The summed E-state index contributed by atoms with van der Waals surface area (Å²) in [4.78, 5) is 23.8. The second-order valence-corrected chi connectivity index (χ2v) is 5.54. The molecule has 0 aliphatic carbocycles. The second-order valence-electron chi connectivity index (χ2n) is 5.54. The first-order valence-electron chi connectivity index (χ1n) is 7.63. The van der Waals surface area contributed by atoms with Crippen LogP contribution in [0.5, 0.6) is 0 Å². The Bertz CT molecular complexity index is 1010. The summed E-state index contributed by atoms with van der Waals surface area (Å²) in [5.74, 6) is -0.744. The second kappa shape index (κ2) is 6.99. The molecule has 0 atom stereocenters. The van der Waals surface area contributed by atoms with Crippen LogP contribution in [0, 0.1) is 0 Å². The molecule has 8 heteroatoms. The molecule has 2 aromatic carbocycles. The van der Waals surface area contributed by atoms with Crippen molar-refractivity contribution in [2.45, 2.75) is 19.2 Å². The molecule has 134 valence electrons. The quantitative estimate of drug-likeness (QED) is 0.724. The van der Waals surface area contributed by atoms with Gasteiger partial charge < -0.3 is 4.74 Å². The molecular weight excluding hydrogens is 349 g/mol. The first-order valence-corrected chi connectivity index (χ1v) is 7.63. The number of nitrogens with zero attached hydrogens (tertiary/aromatic N) is 1. The van der Waals surface area contributed by atoms with Gasteiger partial charge in [0.2, 0.25) is 0 Å². The lowest BCUT2D eigenvalue weighted by Gasteiger charge is -2.13. The molecule has 0 spiro atoms. The zero-order valence-corrected chi connectivity index (χ0v) is 13.3. The van der Waals surface area contributed by atoms with E-state index in [2.05, 4.69) is 10.2 Å². The number of hydrogen-bond donors (Lipinski definition) is 1. The van der Waals surface area contributed by atoms with E-state index in [1.807, 2.05) is 0 Å². The van der Waals surface area contributed by atoms with Gasteiger partial charge in [-0.1, -0.05) is 36.4 Å². The maximum Gasteiger partial charge on any atom is 0.416 e. The van der Waals surface area contributed by atoms with E-state index in [1.54, 1.807) is 24.3 Å². The number of nitrogens with one attached hydrogen (secondary N) is 1. The van der Waals surface area contributed by atoms with Crippen molar-refractivity contribution in [3.05, 3.63) is 75.7 Å². The van der Waals surface area contributed by atoms with Gasteiger partial charge in [-0.2, -0.15) is 18.3 Å². The van der Waals surface area contributed by atoms with E-state index in [4.69, 9.17) is 4.74 Å². The summed E-state index contributed by atoms with van der Waals surface area (Å²) >= 11 is 0. The van der Waals surface area contributed by atoms with Gasteiger partial charge in [-0.3, -0.25) is 9.59 Å². The van der Waals surface area contributed by atoms with Gasteiger partial charge in [-0.15, -0.1) is 0 Å². The topological polar surface area (TPSA) is 72.0 Å². The summed E-state index contributed by atoms with van der Waals surface area (Å²) in [6.07, 6.45) is -4.80. The molecule has 1 heterocycles. The van der Waals surface area contributed by atoms with Crippen molar-refractivity contribution in [1.29, 1.82) is 0 Å². The number of carbonyl (C=O) groups is 1. The van der Waals surface area contributed by atoms with Crippen LogP contribution in [0.15, 0.2) is 53.3 Å². The SMILES string of the molecule is O=C(Cc1n[nH]c(=O)c2ccccc12)OCc1ccccc1C(F)(F)F. The van der Waals surface area contributed by atoms with E-state index in [-0.39, 0.29) is 17.7 Å². The van der Waals surface area contributed by atoms with E-state index in [1.165, 1.54) is 18.2 Å². The third-order valence-corrected chi connectivity index (χ3v) is 3.80. The fraction of sp³-hybridized carbons (Fsp3) is 0.167. The average molecular weight is 362 g/mol. The molecule has 0 saturated heterocycles. The molecule has 0 aliphatic rings. The first-order chi connectivity index (χ1) is 12.4. The number of rotatable bonds is 4. The molecule has 3 aromatic rings. The van der Waals surface area contributed by atoms with E-state index in [0.717, 1.165) is 6.07 Å². The summed E-state index contributed by atoms with van der Waals surface area (Å²) in [5, 5.41) is 6.99. The number of benzene rings is 2. The monoisotopic (exact) mass is 362 g/mol. The number of alkyl halides is 3. The van der Waals surface area contributed by atoms with Gasteiger partial charge in [0.15, 0.2) is 0 Å². The standard InChI is InChI=1S/C18H13F3N2O3/c19-18(20,21)14-8-4-1-5-11(14)10-26-16(24)9-15-12-6-2-3-7-13(12)17(25)23-22-15/h1-8H,9-10H2,(H,23,25). The summed E-state index contributed by atoms with van der Waals surface area (Å²) in [7, 11) is 0. The number of H-pyrrole nitrogens is 1. The minimum absolute atomic E-state index is 0.132. The van der Waals surface area contributed by atoms with Gasteiger partial charge >= 0.3 is 12.1 Å². The van der Waals surface area contributed by atoms with Crippen LogP contribution >= 0.6 is 0 Å². The Balaban J connectivity index is 1.76. The number of aromatic nitrogens is 2. The van der Waals surface area contributed by atoms with Crippen LogP contribution in [0.4, 0.5) is 13.2 Å². The van der Waals surface area contributed by atoms with Crippen LogP contribution in [0.25, 0.3) is 10.8 Å². The van der Waals surface area contributed by atoms with Crippen LogP contribution in [-0.2, 0) is 28.7 Å². The van der Waals surface area contributed by atoms with Gasteiger partial charge in [0.25, 0.3) is 5.56 Å². The molecule has 0 radical (unpaired) electrons. The molecule has 0 unspecified atom stereocenters. The predicted molar refractivity (Wildman–Crippen MR) is 87.3 cm³/mol. The minimum atomic E-state index is -4.53. The molecular formula is C18H13F3N2O3. The van der Waals surface area contributed by atoms with Gasteiger partial charge in [-0.05, 0) is 12.1 Å². The Morgan fingerprint density at radius 2 is 1.69 bits per heavy atom. The van der Waals surface area contributed by atoms with Crippen LogP contribution in [0.3, 0.4) is 0 Å². The Hall–Kier alpha value is -3.16. The number of fused-ring (bicyclic) bond motifs is 1. The Morgan fingerprint density at radius 3 is 2.42 bits per heavy atom. The summed E-state index contributed by atoms with van der Waals surface area (Å²) < 4.78 is 43.8. The smallest absolute Gasteiger partial charge is 0.416 e. The molecule has 1 aromatic heterocycles. The van der Waals surface area contributed by atoms with Gasteiger partial charge in [0.05, 0.1) is 23.1 Å². The maximum atomic E-state index is 12.9. The Kier molecular flexibility index (Phi) is 4.75. The maximum absolute atomic E-state index is 12.9. The van der Waals surface area contributed by atoms with E-state index >= 15 is 0 Å². The van der Waals surface area contributed by atoms with E-state index in [0.29, 0.717) is 10.8 Å². The zero-order chi connectivity index (χ0) is 18.7. The molecule has 5 nitrogen and oxygen atoms in total. The number of aromatic amines is 1. The van der Waals surface area contributed by atoms with Crippen molar-refractivity contribution in [3.63, 3.8) is 0 Å². The molecule has 0 saturated carbocycles. The Labute approximate surface area is 145 Å². The largest absolute Gasteiger partial charge is 0.460 e. The Morgan fingerprint density at radius 1 is 1.04 bits per heavy atom. The van der Waals surface area contributed by atoms with Gasteiger partial charge in [0.1, 0.15) is 6.61 Å². The van der Waals surface area contributed by atoms with Crippen molar-refractivity contribution >= 4 is 16.7 Å². The van der Waals surface area contributed by atoms with Crippen LogP contribution in [0.2, 0.25) is 0 Å². The summed E-state index contributed by atoms with van der Waals surface area (Å²) in [6, 6.07) is 11.5. The average Bonchev–Trinajstić information content (AvgIpc) is 2.62. The predicted octanol–water partition coefficient (Wildman–Crippen LogP) is 3.23. The first kappa shape index (κ1) is 17.7. The number of esters is 1. The van der Waals surface area contributed by atoms with E-state index in [9.17, 15) is 22.8 Å². The van der Waals surface area contributed by atoms with E-state index < -0.39 is 29.9 Å². The molecule has 0 fully saturated rings. The third-order valence-electron chi connectivity index (χ3n) is 3.80. The fourth-order valence-electron chi connectivity index (χ4n) is 2.57. The van der Waals surface area contributed by atoms with Crippen LogP contribution < -0.4 is 5.56 Å². The van der Waals surface area contributed by atoms with Gasteiger partial charge in [-0.25, -0.2) is 5.10 Å². The lowest BCUT2D eigenvalue weighted by molar-refractivity contribution is -0.147.